The topological polar surface area (TPSA) is 0 Å². The molecule has 136 valence electrons. The predicted octanol–water partition coefficient (Wildman–Crippen LogP) is 7.29. The molecule has 0 saturated carbocycles. The first kappa shape index (κ1) is 20.4. The predicted molar refractivity (Wildman–Crippen MR) is 129 cm³/mol. The molecule has 0 amide bonds. The first-order valence-corrected chi connectivity index (χ1v) is 10.9. The first-order valence-electron chi connectivity index (χ1n) is 9.28. The van der Waals surface area contributed by atoms with Gasteiger partial charge >= 0.3 is 23.1 Å². The molecule has 3 heteroatoms. The minimum Gasteiger partial charge on any atom is -0.145 e. The van der Waals surface area contributed by atoms with Crippen LogP contribution in [0.2, 0.25) is 0 Å². The van der Waals surface area contributed by atoms with E-state index in [2.05, 4.69) is 110 Å². The molecule has 4 aliphatic rings. The van der Waals surface area contributed by atoms with Gasteiger partial charge < -0.3 is 0 Å². The summed E-state index contributed by atoms with van der Waals surface area (Å²) < 4.78 is 0. The van der Waals surface area contributed by atoms with Gasteiger partial charge in [-0.25, -0.2) is 0 Å². The molecule has 29 heavy (non-hydrogen) atoms. The van der Waals surface area contributed by atoms with E-state index in [1.807, 2.05) is 23.5 Å². The summed E-state index contributed by atoms with van der Waals surface area (Å²) >= 11 is 3.70. The second kappa shape index (κ2) is 9.27. The van der Waals surface area contributed by atoms with Gasteiger partial charge in [-0.3, -0.25) is 0 Å². The minimum absolute atomic E-state index is 0. The Morgan fingerprint density at radius 1 is 0.586 bits per heavy atom. The van der Waals surface area contributed by atoms with Crippen LogP contribution in [0.15, 0.2) is 116 Å². The van der Waals surface area contributed by atoms with Crippen LogP contribution in [0.1, 0.15) is 11.1 Å². The standard InChI is InChI=1S/2C13H9S.Mg/c2*1-3-7-12-10(5-1)9-11-6-2-4-8-13(11)14-12;/h2*1-9H;/q2*-1;+2. The SMILES string of the molecule is C1=C[CH-]C2=Cc3ccccc3SC2=C1.C1=C[CH-]C2=Cc3ccccc3SC2=C1.[Mg+2]. The fourth-order valence-corrected chi connectivity index (χ4v) is 5.38. The number of benzene rings is 2. The molecular formula is C26H18MgS2. The van der Waals surface area contributed by atoms with E-state index in [0.717, 1.165) is 0 Å². The first-order chi connectivity index (χ1) is 13.9. The van der Waals surface area contributed by atoms with E-state index in [4.69, 9.17) is 0 Å². The van der Waals surface area contributed by atoms with Gasteiger partial charge in [0.2, 0.25) is 0 Å². The zero-order chi connectivity index (χ0) is 18.8. The van der Waals surface area contributed by atoms with Crippen molar-refractivity contribution < 1.29 is 0 Å². The molecule has 0 saturated heterocycles. The summed E-state index contributed by atoms with van der Waals surface area (Å²) in [4.78, 5) is 5.41. The van der Waals surface area contributed by atoms with Crippen molar-refractivity contribution in [3.8, 4) is 0 Å². The number of thioether (sulfide) groups is 2. The number of fused-ring (bicyclic) bond motifs is 4. The largest absolute Gasteiger partial charge is 2.00 e. The summed E-state index contributed by atoms with van der Waals surface area (Å²) in [6, 6.07) is 17.0. The van der Waals surface area contributed by atoms with Gasteiger partial charge in [0.25, 0.3) is 0 Å². The maximum absolute atomic E-state index is 2.25. The molecule has 0 spiro atoms. The van der Waals surface area contributed by atoms with Crippen LogP contribution in [0.5, 0.6) is 0 Å². The van der Waals surface area contributed by atoms with Crippen molar-refractivity contribution in [3.63, 3.8) is 0 Å². The molecule has 2 aromatic carbocycles. The minimum atomic E-state index is 0. The van der Waals surface area contributed by atoms with Gasteiger partial charge in [-0.15, -0.1) is 96.1 Å². The maximum atomic E-state index is 2.25. The summed E-state index contributed by atoms with van der Waals surface area (Å²) in [5, 5.41) is 0. The molecule has 2 aliphatic heterocycles. The van der Waals surface area contributed by atoms with E-state index in [-0.39, 0.29) is 23.1 Å². The Balaban J connectivity index is 0.000000137. The van der Waals surface area contributed by atoms with Crippen LogP contribution in [-0.4, -0.2) is 23.1 Å². The Morgan fingerprint density at radius 2 is 1.03 bits per heavy atom. The molecule has 0 N–H and O–H groups in total. The zero-order valence-electron chi connectivity index (χ0n) is 15.9. The Kier molecular flexibility index (Phi) is 6.51. The molecule has 0 unspecified atom stereocenters. The number of hydrogen-bond acceptors (Lipinski definition) is 2. The summed E-state index contributed by atoms with van der Waals surface area (Å²) in [6.45, 7) is 0. The molecule has 0 nitrogen and oxygen atoms in total. The summed E-state index contributed by atoms with van der Waals surface area (Å²) in [6.07, 6.45) is 21.5. The van der Waals surface area contributed by atoms with E-state index in [1.54, 1.807) is 0 Å². The van der Waals surface area contributed by atoms with Crippen LogP contribution >= 0.6 is 23.5 Å². The van der Waals surface area contributed by atoms with Crippen molar-refractivity contribution >= 4 is 58.7 Å². The van der Waals surface area contributed by atoms with Gasteiger partial charge in [0, 0.05) is 9.79 Å². The Morgan fingerprint density at radius 3 is 1.52 bits per heavy atom. The van der Waals surface area contributed by atoms with Crippen molar-refractivity contribution in [1.82, 2.24) is 0 Å². The molecule has 6 rings (SSSR count). The van der Waals surface area contributed by atoms with E-state index in [0.29, 0.717) is 0 Å². The van der Waals surface area contributed by atoms with E-state index >= 15 is 0 Å². The smallest absolute Gasteiger partial charge is 0.145 e. The van der Waals surface area contributed by atoms with Crippen LogP contribution in [0.4, 0.5) is 0 Å². The van der Waals surface area contributed by atoms with Gasteiger partial charge in [0.15, 0.2) is 0 Å². The second-order valence-electron chi connectivity index (χ2n) is 6.64. The second-order valence-corrected chi connectivity index (χ2v) is 8.81. The van der Waals surface area contributed by atoms with Gasteiger partial charge in [-0.2, -0.15) is 0 Å². The van der Waals surface area contributed by atoms with Gasteiger partial charge in [-0.05, 0) is 12.1 Å². The fourth-order valence-electron chi connectivity index (χ4n) is 3.34. The molecule has 0 aromatic heterocycles. The zero-order valence-corrected chi connectivity index (χ0v) is 19.0. The van der Waals surface area contributed by atoms with E-state index in [1.165, 1.54) is 41.9 Å². The summed E-state index contributed by atoms with van der Waals surface area (Å²) in [7, 11) is 0. The molecule has 0 radical (unpaired) electrons. The average molecular weight is 419 g/mol. The Bertz CT molecular complexity index is 1020. The molecule has 2 heterocycles. The van der Waals surface area contributed by atoms with Crippen molar-refractivity contribution in [3.05, 3.63) is 130 Å². The van der Waals surface area contributed by atoms with Crippen LogP contribution < -0.4 is 0 Å². The summed E-state index contributed by atoms with van der Waals surface area (Å²) in [5.41, 5.74) is 5.32. The van der Waals surface area contributed by atoms with Crippen molar-refractivity contribution in [2.24, 2.45) is 0 Å². The molecular weight excluding hydrogens is 401 g/mol. The molecule has 2 aliphatic carbocycles. The molecule has 2 aromatic rings. The number of hydrogen-bond donors (Lipinski definition) is 0. The van der Waals surface area contributed by atoms with Crippen molar-refractivity contribution in [2.75, 3.05) is 0 Å². The number of allylic oxidation sites excluding steroid dienone is 8. The Hall–Kier alpha value is -1.91. The third-order valence-electron chi connectivity index (χ3n) is 4.74. The fraction of sp³-hybridized carbons (Fsp3) is 0. The molecule has 0 bridgehead atoms. The van der Waals surface area contributed by atoms with Crippen LogP contribution in [-0.2, 0) is 0 Å². The normalized spacial score (nSPS) is 16.8. The van der Waals surface area contributed by atoms with Crippen LogP contribution in [0.3, 0.4) is 0 Å². The molecule has 0 atom stereocenters. The van der Waals surface area contributed by atoms with E-state index in [9.17, 15) is 0 Å². The van der Waals surface area contributed by atoms with Gasteiger partial charge in [0.1, 0.15) is 0 Å². The van der Waals surface area contributed by atoms with Crippen LogP contribution in [0, 0.1) is 12.8 Å². The van der Waals surface area contributed by atoms with Gasteiger partial charge in [-0.1, -0.05) is 57.3 Å². The quantitative estimate of drug-likeness (QED) is 0.325. The Labute approximate surface area is 197 Å². The average Bonchev–Trinajstić information content (AvgIpc) is 2.76. The molecule has 0 fully saturated rings. The van der Waals surface area contributed by atoms with E-state index < -0.39 is 0 Å². The van der Waals surface area contributed by atoms with Crippen LogP contribution in [0.25, 0.3) is 12.2 Å². The van der Waals surface area contributed by atoms with Gasteiger partial charge in [0.05, 0.1) is 0 Å². The third kappa shape index (κ3) is 4.49. The third-order valence-corrected chi connectivity index (χ3v) is 7.10. The maximum Gasteiger partial charge on any atom is 2.00 e. The number of rotatable bonds is 0. The monoisotopic (exact) mass is 418 g/mol. The van der Waals surface area contributed by atoms with Crippen molar-refractivity contribution in [2.45, 2.75) is 9.79 Å². The van der Waals surface area contributed by atoms with Crippen molar-refractivity contribution in [1.29, 1.82) is 0 Å². The summed E-state index contributed by atoms with van der Waals surface area (Å²) in [5.74, 6) is 0.